The Balaban J connectivity index is 1.68. The summed E-state index contributed by atoms with van der Waals surface area (Å²) in [5.41, 5.74) is 4.01. The Morgan fingerprint density at radius 2 is 1.68 bits per heavy atom. The van der Waals surface area contributed by atoms with Gasteiger partial charge in [-0.1, -0.05) is 30.3 Å². The molecule has 3 aromatic carbocycles. The molecule has 0 radical (unpaired) electrons. The molecule has 0 spiro atoms. The Labute approximate surface area is 214 Å². The summed E-state index contributed by atoms with van der Waals surface area (Å²) < 4.78 is 1.18. The zero-order valence-corrected chi connectivity index (χ0v) is 20.9. The lowest BCUT2D eigenvalue weighted by Crippen LogP contribution is -2.47. The van der Waals surface area contributed by atoms with Crippen molar-refractivity contribution < 1.29 is 10.0 Å². The van der Waals surface area contributed by atoms with E-state index in [1.54, 1.807) is 24.3 Å². The molecule has 9 heteroatoms. The second-order valence-electron chi connectivity index (χ2n) is 9.39. The predicted molar refractivity (Wildman–Crippen MR) is 145 cm³/mol. The molecule has 4 aromatic rings. The summed E-state index contributed by atoms with van der Waals surface area (Å²) in [4.78, 5) is 29.5. The molecule has 1 aliphatic rings. The SMILES string of the molecule is Cc1ccc(-c2nn(-c3cc(N4CCN(CCO)CC4)ccc3[N+](=O)[O-])c(=O)c3ccccc23)cc1C. The van der Waals surface area contributed by atoms with Crippen LogP contribution in [0.1, 0.15) is 11.1 Å². The molecule has 37 heavy (non-hydrogen) atoms. The van der Waals surface area contributed by atoms with Gasteiger partial charge in [-0.25, -0.2) is 0 Å². The molecule has 5 rings (SSSR count). The van der Waals surface area contributed by atoms with Gasteiger partial charge in [0.2, 0.25) is 0 Å². The summed E-state index contributed by atoms with van der Waals surface area (Å²) >= 11 is 0. The van der Waals surface area contributed by atoms with Gasteiger partial charge in [-0.3, -0.25) is 19.8 Å². The van der Waals surface area contributed by atoms with Crippen molar-refractivity contribution in [3.8, 4) is 16.9 Å². The van der Waals surface area contributed by atoms with Crippen molar-refractivity contribution in [1.82, 2.24) is 14.7 Å². The number of aliphatic hydroxyl groups excluding tert-OH is 1. The van der Waals surface area contributed by atoms with E-state index >= 15 is 0 Å². The average molecular weight is 500 g/mol. The molecule has 1 saturated heterocycles. The molecular formula is C28H29N5O4. The number of hydrogen-bond acceptors (Lipinski definition) is 7. The van der Waals surface area contributed by atoms with Crippen molar-refractivity contribution in [3.63, 3.8) is 0 Å². The third-order valence-electron chi connectivity index (χ3n) is 7.12. The number of nitro groups is 1. The van der Waals surface area contributed by atoms with Crippen LogP contribution in [-0.4, -0.2) is 64.0 Å². The third-order valence-corrected chi connectivity index (χ3v) is 7.12. The molecule has 0 amide bonds. The molecule has 0 atom stereocenters. The van der Waals surface area contributed by atoms with Crippen LogP contribution in [0.4, 0.5) is 11.4 Å². The van der Waals surface area contributed by atoms with Crippen LogP contribution in [0.25, 0.3) is 27.7 Å². The van der Waals surface area contributed by atoms with Gasteiger partial charge in [0.25, 0.3) is 11.2 Å². The summed E-state index contributed by atoms with van der Waals surface area (Å²) in [7, 11) is 0. The monoisotopic (exact) mass is 499 g/mol. The molecule has 0 aliphatic carbocycles. The minimum atomic E-state index is -0.475. The first-order valence-corrected chi connectivity index (χ1v) is 12.3. The van der Waals surface area contributed by atoms with E-state index in [1.165, 1.54) is 10.7 Å². The van der Waals surface area contributed by atoms with E-state index in [0.29, 0.717) is 36.1 Å². The molecule has 1 aliphatic heterocycles. The number of hydrogen-bond donors (Lipinski definition) is 1. The van der Waals surface area contributed by atoms with Crippen LogP contribution in [0.5, 0.6) is 0 Å². The maximum Gasteiger partial charge on any atom is 0.295 e. The molecule has 2 heterocycles. The number of anilines is 1. The van der Waals surface area contributed by atoms with E-state index in [1.807, 2.05) is 44.2 Å². The first kappa shape index (κ1) is 24.6. The van der Waals surface area contributed by atoms with Gasteiger partial charge in [-0.05, 0) is 49.2 Å². The number of aliphatic hydroxyl groups is 1. The number of piperazine rings is 1. The summed E-state index contributed by atoms with van der Waals surface area (Å²) in [6.07, 6.45) is 0. The van der Waals surface area contributed by atoms with Gasteiger partial charge < -0.3 is 10.0 Å². The summed E-state index contributed by atoms with van der Waals surface area (Å²) in [5.74, 6) is 0. The van der Waals surface area contributed by atoms with Gasteiger partial charge in [-0.2, -0.15) is 9.78 Å². The van der Waals surface area contributed by atoms with Gasteiger partial charge in [-0.15, -0.1) is 0 Å². The van der Waals surface area contributed by atoms with E-state index in [9.17, 15) is 20.0 Å². The van der Waals surface area contributed by atoms with Gasteiger partial charge >= 0.3 is 0 Å². The topological polar surface area (TPSA) is 105 Å². The highest BCUT2D eigenvalue weighted by Gasteiger charge is 2.24. The number of fused-ring (bicyclic) bond motifs is 1. The van der Waals surface area contributed by atoms with Crippen LogP contribution in [0.3, 0.4) is 0 Å². The number of rotatable bonds is 6. The first-order chi connectivity index (χ1) is 17.9. The van der Waals surface area contributed by atoms with Crippen molar-refractivity contribution in [2.75, 3.05) is 44.2 Å². The number of β-amino-alcohol motifs (C(OH)–C–C–N with tert-alkyl or cyclic N) is 1. The van der Waals surface area contributed by atoms with E-state index < -0.39 is 10.5 Å². The van der Waals surface area contributed by atoms with Crippen molar-refractivity contribution in [2.45, 2.75) is 13.8 Å². The quantitative estimate of drug-likeness (QED) is 0.319. The highest BCUT2D eigenvalue weighted by Crippen LogP contribution is 2.31. The average Bonchev–Trinajstić information content (AvgIpc) is 2.91. The largest absolute Gasteiger partial charge is 0.395 e. The van der Waals surface area contributed by atoms with Crippen molar-refractivity contribution in [1.29, 1.82) is 0 Å². The number of nitrogens with zero attached hydrogens (tertiary/aromatic N) is 5. The van der Waals surface area contributed by atoms with Crippen LogP contribution < -0.4 is 10.5 Å². The van der Waals surface area contributed by atoms with Crippen LogP contribution in [0.15, 0.2) is 65.5 Å². The molecule has 9 nitrogen and oxygen atoms in total. The van der Waals surface area contributed by atoms with E-state index in [2.05, 4.69) is 9.80 Å². The molecule has 1 fully saturated rings. The van der Waals surface area contributed by atoms with E-state index in [4.69, 9.17) is 5.10 Å². The maximum absolute atomic E-state index is 13.6. The van der Waals surface area contributed by atoms with Crippen LogP contribution >= 0.6 is 0 Å². The zero-order valence-electron chi connectivity index (χ0n) is 20.9. The lowest BCUT2D eigenvalue weighted by Gasteiger charge is -2.35. The molecule has 0 bridgehead atoms. The molecule has 1 aromatic heterocycles. The normalized spacial score (nSPS) is 14.3. The highest BCUT2D eigenvalue weighted by atomic mass is 16.6. The minimum Gasteiger partial charge on any atom is -0.395 e. The maximum atomic E-state index is 13.6. The molecule has 190 valence electrons. The van der Waals surface area contributed by atoms with Crippen LogP contribution in [0.2, 0.25) is 0 Å². The number of benzene rings is 3. The fourth-order valence-electron chi connectivity index (χ4n) is 4.86. The van der Waals surface area contributed by atoms with E-state index in [0.717, 1.165) is 35.5 Å². The van der Waals surface area contributed by atoms with Crippen LogP contribution in [0, 0.1) is 24.0 Å². The Hall–Kier alpha value is -4.08. The Morgan fingerprint density at radius 1 is 0.946 bits per heavy atom. The van der Waals surface area contributed by atoms with Crippen LogP contribution in [-0.2, 0) is 0 Å². The standard InChI is InChI=1S/C28H29N5O4/c1-19-7-8-21(17-20(19)2)27-23-5-3-4-6-24(23)28(35)32(29-27)26-18-22(9-10-25(26)33(36)37)31-13-11-30(12-14-31)15-16-34/h3-10,17-18,34H,11-16H2,1-2H3. The smallest absolute Gasteiger partial charge is 0.295 e. The molecule has 0 saturated carbocycles. The van der Waals surface area contributed by atoms with Gasteiger partial charge in [0, 0.05) is 55.4 Å². The third kappa shape index (κ3) is 4.71. The molecular weight excluding hydrogens is 470 g/mol. The fraction of sp³-hybridized carbons (Fsp3) is 0.286. The van der Waals surface area contributed by atoms with Crippen molar-refractivity contribution in [2.24, 2.45) is 0 Å². The number of aryl methyl sites for hydroxylation is 2. The minimum absolute atomic E-state index is 0.112. The Morgan fingerprint density at radius 3 is 2.35 bits per heavy atom. The van der Waals surface area contributed by atoms with Gasteiger partial charge in [0.1, 0.15) is 5.69 Å². The number of nitro benzene ring substituents is 1. The van der Waals surface area contributed by atoms with Gasteiger partial charge in [0.15, 0.2) is 0 Å². The van der Waals surface area contributed by atoms with Crippen molar-refractivity contribution in [3.05, 3.63) is 92.3 Å². The zero-order chi connectivity index (χ0) is 26.1. The summed E-state index contributed by atoms with van der Waals surface area (Å²) in [6, 6.07) is 18.1. The highest BCUT2D eigenvalue weighted by molar-refractivity contribution is 5.94. The second kappa shape index (κ2) is 10.1. The van der Waals surface area contributed by atoms with Crippen molar-refractivity contribution >= 4 is 22.1 Å². The summed E-state index contributed by atoms with van der Waals surface area (Å²) in [6.45, 7) is 7.76. The fourth-order valence-corrected chi connectivity index (χ4v) is 4.86. The first-order valence-electron chi connectivity index (χ1n) is 12.3. The molecule has 1 N–H and O–H groups in total. The second-order valence-corrected chi connectivity index (χ2v) is 9.39. The van der Waals surface area contributed by atoms with E-state index in [-0.39, 0.29) is 18.0 Å². The summed E-state index contributed by atoms with van der Waals surface area (Å²) in [5, 5.41) is 27.1. The Kier molecular flexibility index (Phi) is 6.73. The van der Waals surface area contributed by atoms with Gasteiger partial charge in [0.05, 0.1) is 22.6 Å². The lowest BCUT2D eigenvalue weighted by atomic mass is 10.0. The Bertz CT molecular complexity index is 1540. The molecule has 0 unspecified atom stereocenters. The number of aromatic nitrogens is 2. The lowest BCUT2D eigenvalue weighted by molar-refractivity contribution is -0.384. The predicted octanol–water partition coefficient (Wildman–Crippen LogP) is 3.69.